The van der Waals surface area contributed by atoms with Crippen LogP contribution in [0.25, 0.3) is 16.7 Å². The average Bonchev–Trinajstić information content (AvgIpc) is 2.77. The zero-order chi connectivity index (χ0) is 12.0. The fraction of sp³-hybridized carbons (Fsp3) is 0.273. The van der Waals surface area contributed by atoms with Crippen molar-refractivity contribution >= 4 is 16.7 Å². The summed E-state index contributed by atoms with van der Waals surface area (Å²) in [7, 11) is 0. The molecule has 0 N–H and O–H groups in total. The summed E-state index contributed by atoms with van der Waals surface area (Å²) in [5.74, 6) is 0.517. The van der Waals surface area contributed by atoms with Crippen LogP contribution in [0.2, 0.25) is 0 Å². The van der Waals surface area contributed by atoms with Crippen LogP contribution in [0.15, 0.2) is 23.4 Å². The normalized spacial score (nSPS) is 11.4. The van der Waals surface area contributed by atoms with Gasteiger partial charge >= 0.3 is 0 Å². The number of rotatable bonds is 1. The van der Waals surface area contributed by atoms with E-state index in [1.54, 1.807) is 15.3 Å². The Balaban J connectivity index is 2.61. The second-order valence-electron chi connectivity index (χ2n) is 3.84. The van der Waals surface area contributed by atoms with Crippen molar-refractivity contribution in [2.24, 2.45) is 0 Å². The van der Waals surface area contributed by atoms with E-state index in [-0.39, 0.29) is 5.56 Å². The molecule has 0 unspecified atom stereocenters. The van der Waals surface area contributed by atoms with Crippen molar-refractivity contribution in [3.05, 3.63) is 34.6 Å². The van der Waals surface area contributed by atoms with Crippen molar-refractivity contribution < 1.29 is 0 Å². The third-order valence-corrected chi connectivity index (χ3v) is 2.87. The Hall–Kier alpha value is -2.24. The van der Waals surface area contributed by atoms with Gasteiger partial charge in [-0.2, -0.15) is 14.6 Å². The number of fused-ring (bicyclic) bond motifs is 3. The molecule has 6 heteroatoms. The van der Waals surface area contributed by atoms with Gasteiger partial charge in [-0.05, 0) is 19.9 Å². The minimum Gasteiger partial charge on any atom is -0.315 e. The van der Waals surface area contributed by atoms with Gasteiger partial charge in [0.2, 0.25) is 0 Å². The maximum absolute atomic E-state index is 12.2. The van der Waals surface area contributed by atoms with Crippen molar-refractivity contribution in [2.75, 3.05) is 0 Å². The Kier molecular flexibility index (Phi) is 1.98. The molecular formula is C11H11N5O. The number of pyridine rings is 1. The Labute approximate surface area is 96.5 Å². The number of nitrogens with zero attached hydrogens (tertiary/aromatic N) is 5. The highest BCUT2D eigenvalue weighted by Gasteiger charge is 2.11. The summed E-state index contributed by atoms with van der Waals surface area (Å²) in [6.45, 7) is 4.39. The van der Waals surface area contributed by atoms with Gasteiger partial charge in [-0.25, -0.2) is 4.98 Å². The molecule has 0 fully saturated rings. The van der Waals surface area contributed by atoms with E-state index >= 15 is 0 Å². The maximum atomic E-state index is 12.2. The largest absolute Gasteiger partial charge is 0.315 e. The van der Waals surface area contributed by atoms with E-state index in [1.807, 2.05) is 19.9 Å². The van der Waals surface area contributed by atoms with E-state index in [0.29, 0.717) is 23.4 Å². The molecule has 17 heavy (non-hydrogen) atoms. The van der Waals surface area contributed by atoms with Crippen LogP contribution >= 0.6 is 0 Å². The van der Waals surface area contributed by atoms with E-state index in [2.05, 4.69) is 15.1 Å². The van der Waals surface area contributed by atoms with Crippen molar-refractivity contribution in [1.82, 2.24) is 24.1 Å². The zero-order valence-electron chi connectivity index (χ0n) is 9.58. The first-order valence-corrected chi connectivity index (χ1v) is 5.42. The fourth-order valence-electron chi connectivity index (χ4n) is 2.02. The zero-order valence-corrected chi connectivity index (χ0v) is 9.58. The van der Waals surface area contributed by atoms with Crippen LogP contribution in [0.5, 0.6) is 0 Å². The molecule has 0 atom stereocenters. The molecule has 0 aliphatic heterocycles. The molecule has 3 aromatic rings. The molecule has 0 spiro atoms. The summed E-state index contributed by atoms with van der Waals surface area (Å²) in [5.41, 5.74) is 1.40. The smallest absolute Gasteiger partial charge is 0.261 e. The Bertz CT molecular complexity index is 770. The molecule has 0 saturated carbocycles. The van der Waals surface area contributed by atoms with Crippen LogP contribution in [-0.4, -0.2) is 24.1 Å². The van der Waals surface area contributed by atoms with Gasteiger partial charge in [0.1, 0.15) is 6.33 Å². The Morgan fingerprint density at radius 3 is 3.00 bits per heavy atom. The molecule has 0 aliphatic rings. The van der Waals surface area contributed by atoms with Crippen molar-refractivity contribution in [2.45, 2.75) is 20.4 Å². The maximum Gasteiger partial charge on any atom is 0.261 e. The standard InChI is InChI=1S/C11H11N5O/c1-3-15-5-4-8-9(10(15)17)7(2)14-11-12-6-13-16(8)11/h4-6H,3H2,1-2H3. The third kappa shape index (κ3) is 1.27. The van der Waals surface area contributed by atoms with E-state index in [4.69, 9.17) is 0 Å². The van der Waals surface area contributed by atoms with Gasteiger partial charge < -0.3 is 4.57 Å². The monoisotopic (exact) mass is 229 g/mol. The molecule has 86 valence electrons. The van der Waals surface area contributed by atoms with Crippen molar-refractivity contribution in [3.8, 4) is 0 Å². The van der Waals surface area contributed by atoms with Gasteiger partial charge in [-0.3, -0.25) is 4.79 Å². The van der Waals surface area contributed by atoms with Crippen LogP contribution in [0.4, 0.5) is 0 Å². The first-order valence-electron chi connectivity index (χ1n) is 5.42. The van der Waals surface area contributed by atoms with Gasteiger partial charge in [0.05, 0.1) is 16.6 Å². The lowest BCUT2D eigenvalue weighted by atomic mass is 10.2. The first kappa shape index (κ1) is 9.95. The summed E-state index contributed by atoms with van der Waals surface area (Å²) >= 11 is 0. The molecule has 6 nitrogen and oxygen atoms in total. The molecule has 0 saturated heterocycles. The summed E-state index contributed by atoms with van der Waals surface area (Å²) in [4.78, 5) is 20.5. The molecule has 0 bridgehead atoms. The summed E-state index contributed by atoms with van der Waals surface area (Å²) in [6, 6.07) is 1.87. The van der Waals surface area contributed by atoms with Gasteiger partial charge in [-0.15, -0.1) is 0 Å². The topological polar surface area (TPSA) is 65.1 Å². The van der Waals surface area contributed by atoms with Crippen LogP contribution in [0.1, 0.15) is 12.6 Å². The van der Waals surface area contributed by atoms with E-state index in [1.165, 1.54) is 6.33 Å². The average molecular weight is 229 g/mol. The molecule has 0 radical (unpaired) electrons. The van der Waals surface area contributed by atoms with Gasteiger partial charge in [-0.1, -0.05) is 0 Å². The Morgan fingerprint density at radius 2 is 2.24 bits per heavy atom. The summed E-state index contributed by atoms with van der Waals surface area (Å²) in [5, 5.41) is 4.68. The molecule has 0 aromatic carbocycles. The van der Waals surface area contributed by atoms with Gasteiger partial charge in [0.25, 0.3) is 11.3 Å². The number of aryl methyl sites for hydroxylation is 2. The van der Waals surface area contributed by atoms with Crippen LogP contribution < -0.4 is 5.56 Å². The molecule has 3 heterocycles. The number of aromatic nitrogens is 5. The summed E-state index contributed by atoms with van der Waals surface area (Å²) < 4.78 is 3.24. The third-order valence-electron chi connectivity index (χ3n) is 2.87. The molecule has 0 amide bonds. The van der Waals surface area contributed by atoms with Crippen LogP contribution in [-0.2, 0) is 6.54 Å². The molecule has 3 rings (SSSR count). The van der Waals surface area contributed by atoms with E-state index in [9.17, 15) is 4.79 Å². The lowest BCUT2D eigenvalue weighted by Crippen LogP contribution is -2.20. The fourth-order valence-corrected chi connectivity index (χ4v) is 2.02. The summed E-state index contributed by atoms with van der Waals surface area (Å²) in [6.07, 6.45) is 3.21. The Morgan fingerprint density at radius 1 is 1.41 bits per heavy atom. The highest BCUT2D eigenvalue weighted by Crippen LogP contribution is 2.13. The lowest BCUT2D eigenvalue weighted by molar-refractivity contribution is 0.732. The minimum atomic E-state index is -0.0348. The van der Waals surface area contributed by atoms with E-state index < -0.39 is 0 Å². The molecule has 0 aliphatic carbocycles. The SMILES string of the molecule is CCn1ccc2c(c(C)nc3ncnn32)c1=O. The van der Waals surface area contributed by atoms with E-state index in [0.717, 1.165) is 5.52 Å². The second kappa shape index (κ2) is 3.38. The van der Waals surface area contributed by atoms with Gasteiger partial charge in [0, 0.05) is 12.7 Å². The highest BCUT2D eigenvalue weighted by atomic mass is 16.1. The molecule has 3 aromatic heterocycles. The quantitative estimate of drug-likeness (QED) is 0.618. The van der Waals surface area contributed by atoms with Crippen LogP contribution in [0.3, 0.4) is 0 Å². The molecular weight excluding hydrogens is 218 g/mol. The predicted molar refractivity (Wildman–Crippen MR) is 63.0 cm³/mol. The van der Waals surface area contributed by atoms with Crippen molar-refractivity contribution in [1.29, 1.82) is 0 Å². The second-order valence-corrected chi connectivity index (χ2v) is 3.84. The lowest BCUT2D eigenvalue weighted by Gasteiger charge is -2.06. The predicted octanol–water partition coefficient (Wildman–Crippen LogP) is 0.768. The van der Waals surface area contributed by atoms with Crippen molar-refractivity contribution in [3.63, 3.8) is 0 Å². The highest BCUT2D eigenvalue weighted by molar-refractivity contribution is 5.81. The van der Waals surface area contributed by atoms with Crippen LogP contribution in [0, 0.1) is 6.92 Å². The number of hydrogen-bond acceptors (Lipinski definition) is 4. The van der Waals surface area contributed by atoms with Gasteiger partial charge in [0.15, 0.2) is 0 Å². The minimum absolute atomic E-state index is 0.0348. The number of hydrogen-bond donors (Lipinski definition) is 0. The first-order chi connectivity index (χ1) is 8.22.